The van der Waals surface area contributed by atoms with E-state index >= 15 is 0 Å². The molecular formula is C19H24ClN5. The van der Waals surface area contributed by atoms with Crippen molar-refractivity contribution >= 4 is 17.4 Å². The third-order valence-electron chi connectivity index (χ3n) is 5.12. The van der Waals surface area contributed by atoms with E-state index in [-0.39, 0.29) is 0 Å². The highest BCUT2D eigenvalue weighted by Crippen LogP contribution is 2.30. The molecule has 0 spiro atoms. The molecule has 1 aromatic carbocycles. The van der Waals surface area contributed by atoms with Crippen LogP contribution in [0.1, 0.15) is 24.0 Å². The lowest BCUT2D eigenvalue weighted by Crippen LogP contribution is -2.40. The number of aromatic nitrogens is 2. The zero-order valence-electron chi connectivity index (χ0n) is 14.6. The number of likely N-dealkylation sites (tertiary alicyclic amines) is 1. The number of anilines is 1. The SMILES string of the molecule is CN1CCCC(Nc2nnc(-c3ccc(Cl)cc3)c3c2CNCC3)C1. The van der Waals surface area contributed by atoms with Gasteiger partial charge in [0.1, 0.15) is 0 Å². The van der Waals surface area contributed by atoms with Crippen molar-refractivity contribution in [2.75, 3.05) is 32.0 Å². The van der Waals surface area contributed by atoms with Crippen LogP contribution >= 0.6 is 11.6 Å². The molecule has 0 saturated carbocycles. The molecule has 1 atom stereocenters. The summed E-state index contributed by atoms with van der Waals surface area (Å²) in [7, 11) is 2.18. The van der Waals surface area contributed by atoms with Gasteiger partial charge in [-0.1, -0.05) is 23.7 Å². The summed E-state index contributed by atoms with van der Waals surface area (Å²) in [4.78, 5) is 2.38. The fourth-order valence-electron chi connectivity index (χ4n) is 3.83. The van der Waals surface area contributed by atoms with Gasteiger partial charge in [-0.25, -0.2) is 0 Å². The standard InChI is InChI=1S/C19H24ClN5/c1-25-10-2-3-15(12-25)22-19-17-11-21-9-8-16(17)18(23-24-19)13-4-6-14(20)7-5-13/h4-7,15,21H,2-3,8-12H2,1H3,(H,22,24). The Morgan fingerprint density at radius 2 is 2.04 bits per heavy atom. The van der Waals surface area contributed by atoms with Crippen molar-refractivity contribution in [2.24, 2.45) is 0 Å². The molecule has 2 aliphatic rings. The molecule has 4 rings (SSSR count). The van der Waals surface area contributed by atoms with Gasteiger partial charge in [-0.3, -0.25) is 0 Å². The second kappa shape index (κ2) is 7.28. The molecule has 2 N–H and O–H groups in total. The van der Waals surface area contributed by atoms with Gasteiger partial charge in [0.05, 0.1) is 5.69 Å². The van der Waals surface area contributed by atoms with Gasteiger partial charge in [-0.15, -0.1) is 10.2 Å². The molecule has 3 heterocycles. The van der Waals surface area contributed by atoms with Crippen LogP contribution in [0.3, 0.4) is 0 Å². The number of piperidine rings is 1. The van der Waals surface area contributed by atoms with Crippen LogP contribution in [-0.4, -0.2) is 47.8 Å². The summed E-state index contributed by atoms with van der Waals surface area (Å²) < 4.78 is 0. The maximum Gasteiger partial charge on any atom is 0.153 e. The quantitative estimate of drug-likeness (QED) is 0.884. The number of nitrogens with one attached hydrogen (secondary N) is 2. The van der Waals surface area contributed by atoms with Crippen molar-refractivity contribution in [3.05, 3.63) is 40.4 Å². The van der Waals surface area contributed by atoms with Gasteiger partial charge in [-0.05, 0) is 57.1 Å². The molecule has 2 aliphatic heterocycles. The Morgan fingerprint density at radius 3 is 2.84 bits per heavy atom. The summed E-state index contributed by atoms with van der Waals surface area (Å²) in [5, 5.41) is 17.0. The van der Waals surface area contributed by atoms with Crippen molar-refractivity contribution in [1.29, 1.82) is 0 Å². The summed E-state index contributed by atoms with van der Waals surface area (Å²) in [6.45, 7) is 4.06. The number of rotatable bonds is 3. The highest BCUT2D eigenvalue weighted by molar-refractivity contribution is 6.30. The second-order valence-corrected chi connectivity index (χ2v) is 7.47. The largest absolute Gasteiger partial charge is 0.364 e. The van der Waals surface area contributed by atoms with E-state index in [0.717, 1.165) is 48.2 Å². The van der Waals surface area contributed by atoms with Crippen LogP contribution < -0.4 is 10.6 Å². The maximum atomic E-state index is 6.03. The van der Waals surface area contributed by atoms with Crippen molar-refractivity contribution in [3.63, 3.8) is 0 Å². The first kappa shape index (κ1) is 16.8. The number of nitrogens with zero attached hydrogens (tertiary/aromatic N) is 3. The molecule has 0 bridgehead atoms. The Bertz CT molecular complexity index is 746. The lowest BCUT2D eigenvalue weighted by Gasteiger charge is -2.31. The Kier molecular flexibility index (Phi) is 4.88. The summed E-state index contributed by atoms with van der Waals surface area (Å²) >= 11 is 6.03. The first-order chi connectivity index (χ1) is 12.2. The van der Waals surface area contributed by atoms with Gasteiger partial charge in [0.25, 0.3) is 0 Å². The Hall–Kier alpha value is -1.69. The minimum Gasteiger partial charge on any atom is -0.364 e. The van der Waals surface area contributed by atoms with Gasteiger partial charge in [0.2, 0.25) is 0 Å². The topological polar surface area (TPSA) is 53.1 Å². The third-order valence-corrected chi connectivity index (χ3v) is 5.37. The predicted octanol–water partition coefficient (Wildman–Crippen LogP) is 2.95. The molecule has 0 radical (unpaired) electrons. The fourth-order valence-corrected chi connectivity index (χ4v) is 3.95. The highest BCUT2D eigenvalue weighted by Gasteiger charge is 2.23. The van der Waals surface area contributed by atoms with Gasteiger partial charge in [0, 0.05) is 35.3 Å². The van der Waals surface area contributed by atoms with Crippen molar-refractivity contribution < 1.29 is 0 Å². The molecule has 1 unspecified atom stereocenters. The number of halogens is 1. The van der Waals surface area contributed by atoms with E-state index in [2.05, 4.69) is 32.8 Å². The van der Waals surface area contributed by atoms with E-state index in [1.54, 1.807) is 0 Å². The van der Waals surface area contributed by atoms with E-state index < -0.39 is 0 Å². The van der Waals surface area contributed by atoms with Gasteiger partial charge in [-0.2, -0.15) is 0 Å². The summed E-state index contributed by atoms with van der Waals surface area (Å²) in [5.74, 6) is 0.945. The Morgan fingerprint density at radius 1 is 1.20 bits per heavy atom. The number of benzene rings is 1. The van der Waals surface area contributed by atoms with Crippen molar-refractivity contribution in [1.82, 2.24) is 20.4 Å². The minimum absolute atomic E-state index is 0.445. The molecule has 2 aromatic rings. The minimum atomic E-state index is 0.445. The maximum absolute atomic E-state index is 6.03. The average molecular weight is 358 g/mol. The van der Waals surface area contributed by atoms with Gasteiger partial charge >= 0.3 is 0 Å². The zero-order valence-corrected chi connectivity index (χ0v) is 15.3. The highest BCUT2D eigenvalue weighted by atomic mass is 35.5. The molecule has 25 heavy (non-hydrogen) atoms. The van der Waals surface area contributed by atoms with Crippen LogP contribution in [-0.2, 0) is 13.0 Å². The lowest BCUT2D eigenvalue weighted by atomic mass is 9.96. The summed E-state index contributed by atoms with van der Waals surface area (Å²) in [5.41, 5.74) is 4.64. The Labute approximate surface area is 153 Å². The molecule has 1 aromatic heterocycles. The average Bonchev–Trinajstić information content (AvgIpc) is 2.63. The zero-order chi connectivity index (χ0) is 17.2. The van der Waals surface area contributed by atoms with Crippen LogP contribution in [0.25, 0.3) is 11.3 Å². The van der Waals surface area contributed by atoms with E-state index in [4.69, 9.17) is 11.6 Å². The number of fused-ring (bicyclic) bond motifs is 1. The molecular weight excluding hydrogens is 334 g/mol. The number of hydrogen-bond donors (Lipinski definition) is 2. The predicted molar refractivity (Wildman–Crippen MR) is 102 cm³/mol. The molecule has 132 valence electrons. The smallest absolute Gasteiger partial charge is 0.153 e. The fraction of sp³-hybridized carbons (Fsp3) is 0.474. The number of hydrogen-bond acceptors (Lipinski definition) is 5. The lowest BCUT2D eigenvalue weighted by molar-refractivity contribution is 0.260. The number of likely N-dealkylation sites (N-methyl/N-ethyl adjacent to an activating group) is 1. The molecule has 5 nitrogen and oxygen atoms in total. The van der Waals surface area contributed by atoms with E-state index in [9.17, 15) is 0 Å². The summed E-state index contributed by atoms with van der Waals surface area (Å²) in [6.07, 6.45) is 3.39. The molecule has 6 heteroatoms. The van der Waals surface area contributed by atoms with Gasteiger partial charge < -0.3 is 15.5 Å². The van der Waals surface area contributed by atoms with Crippen LogP contribution in [0, 0.1) is 0 Å². The van der Waals surface area contributed by atoms with Crippen LogP contribution in [0.5, 0.6) is 0 Å². The monoisotopic (exact) mass is 357 g/mol. The van der Waals surface area contributed by atoms with Crippen LogP contribution in [0.15, 0.2) is 24.3 Å². The first-order valence-corrected chi connectivity index (χ1v) is 9.38. The van der Waals surface area contributed by atoms with Gasteiger partial charge in [0.15, 0.2) is 5.82 Å². The van der Waals surface area contributed by atoms with E-state index in [1.165, 1.54) is 30.5 Å². The third kappa shape index (κ3) is 3.64. The van der Waals surface area contributed by atoms with Crippen LogP contribution in [0.4, 0.5) is 5.82 Å². The van der Waals surface area contributed by atoms with Crippen molar-refractivity contribution in [2.45, 2.75) is 31.8 Å². The molecule has 0 amide bonds. The normalized spacial score (nSPS) is 21.0. The first-order valence-electron chi connectivity index (χ1n) is 9.01. The Balaban J connectivity index is 1.66. The van der Waals surface area contributed by atoms with Crippen LogP contribution in [0.2, 0.25) is 5.02 Å². The second-order valence-electron chi connectivity index (χ2n) is 7.03. The van der Waals surface area contributed by atoms with E-state index in [0.29, 0.717) is 6.04 Å². The summed E-state index contributed by atoms with van der Waals surface area (Å²) in [6, 6.07) is 8.32. The molecule has 1 fully saturated rings. The van der Waals surface area contributed by atoms with Crippen molar-refractivity contribution in [3.8, 4) is 11.3 Å². The molecule has 0 aliphatic carbocycles. The molecule has 1 saturated heterocycles. The van der Waals surface area contributed by atoms with E-state index in [1.807, 2.05) is 24.3 Å².